The first-order valence-electron chi connectivity index (χ1n) is 39.4. The molecule has 0 heterocycles. The van der Waals surface area contributed by atoms with E-state index in [4.69, 9.17) is 0 Å². The predicted octanol–water partition coefficient (Wildman–Crippen LogP) is 24.9. The van der Waals surface area contributed by atoms with E-state index in [0.29, 0.717) is 12.8 Å². The van der Waals surface area contributed by atoms with Gasteiger partial charge in [-0.25, -0.2) is 0 Å². The lowest BCUT2D eigenvalue weighted by Gasteiger charge is -2.27. The molecular formula is C78H157NO5. The van der Waals surface area contributed by atoms with Gasteiger partial charge in [0.2, 0.25) is 5.91 Å². The van der Waals surface area contributed by atoms with Gasteiger partial charge in [0.15, 0.2) is 0 Å². The van der Waals surface area contributed by atoms with Gasteiger partial charge in [-0.15, -0.1) is 0 Å². The minimum absolute atomic E-state index is 0.377. The number of carbonyl (C=O) groups excluding carboxylic acids is 1. The number of aliphatic hydroxyl groups is 4. The van der Waals surface area contributed by atoms with Gasteiger partial charge in [-0.1, -0.05) is 450 Å². The van der Waals surface area contributed by atoms with Crippen LogP contribution in [0.4, 0.5) is 0 Å². The number of amides is 1. The molecule has 1 amide bonds. The number of rotatable bonds is 75. The zero-order chi connectivity index (χ0) is 60.8. The molecule has 0 aromatic carbocycles. The summed E-state index contributed by atoms with van der Waals surface area (Å²) in [7, 11) is 0. The minimum Gasteiger partial charge on any atom is -0.394 e. The molecule has 0 saturated heterocycles. The Balaban J connectivity index is 3.46. The summed E-state index contributed by atoms with van der Waals surface area (Å²) in [6.07, 6.45) is 91.4. The lowest BCUT2D eigenvalue weighted by atomic mass is 9.99. The first-order chi connectivity index (χ1) is 41.5. The number of hydrogen-bond acceptors (Lipinski definition) is 5. The standard InChI is InChI=1S/C78H157NO5/c1-3-5-7-9-11-13-15-17-19-21-23-25-27-29-31-33-35-37-38-39-40-42-44-46-48-50-52-54-56-58-60-62-64-66-68-70-72-76(82)78(84)79-74(73-80)77(83)75(81)71-69-67-65-63-61-59-57-55-53-51-49-47-45-43-41-36-34-32-30-28-26-24-22-20-18-16-14-12-10-8-6-4-2/h74-77,80-83H,3-73H2,1-2H3,(H,79,84). The Hall–Kier alpha value is -0.690. The first kappa shape index (κ1) is 83.3. The molecule has 0 aromatic heterocycles. The van der Waals surface area contributed by atoms with Gasteiger partial charge in [0, 0.05) is 0 Å². The van der Waals surface area contributed by atoms with Crippen LogP contribution in [0.5, 0.6) is 0 Å². The molecule has 0 aliphatic heterocycles. The van der Waals surface area contributed by atoms with E-state index in [-0.39, 0.29) is 0 Å². The lowest BCUT2D eigenvalue weighted by Crippen LogP contribution is -2.53. The molecule has 84 heavy (non-hydrogen) atoms. The quantitative estimate of drug-likeness (QED) is 0.0390. The third-order valence-electron chi connectivity index (χ3n) is 19.3. The molecule has 0 radical (unpaired) electrons. The molecule has 6 heteroatoms. The van der Waals surface area contributed by atoms with Crippen LogP contribution >= 0.6 is 0 Å². The largest absolute Gasteiger partial charge is 0.394 e. The maximum Gasteiger partial charge on any atom is 0.249 e. The molecule has 6 nitrogen and oxygen atoms in total. The average molecular weight is 1190 g/mol. The second-order valence-corrected chi connectivity index (χ2v) is 27.8. The summed E-state index contributed by atoms with van der Waals surface area (Å²) in [6, 6.07) is -0.983. The Morgan fingerprint density at radius 2 is 0.405 bits per heavy atom. The molecule has 0 aromatic rings. The van der Waals surface area contributed by atoms with E-state index < -0.39 is 36.9 Å². The Kier molecular flexibility index (Phi) is 72.4. The molecule has 0 aliphatic carbocycles. The van der Waals surface area contributed by atoms with Crippen molar-refractivity contribution in [1.29, 1.82) is 0 Å². The van der Waals surface area contributed by atoms with Crippen molar-refractivity contribution in [2.45, 2.75) is 488 Å². The van der Waals surface area contributed by atoms with Crippen LogP contribution in [0.2, 0.25) is 0 Å². The highest BCUT2D eigenvalue weighted by molar-refractivity contribution is 5.80. The van der Waals surface area contributed by atoms with Crippen LogP contribution in [0.25, 0.3) is 0 Å². The summed E-state index contributed by atoms with van der Waals surface area (Å²) in [5, 5.41) is 44.4. The van der Waals surface area contributed by atoms with E-state index in [9.17, 15) is 25.2 Å². The topological polar surface area (TPSA) is 110 Å². The van der Waals surface area contributed by atoms with Crippen LogP contribution < -0.4 is 5.32 Å². The van der Waals surface area contributed by atoms with E-state index >= 15 is 0 Å². The zero-order valence-electron chi connectivity index (χ0n) is 57.7. The molecule has 0 aliphatic rings. The van der Waals surface area contributed by atoms with E-state index in [1.165, 1.54) is 398 Å². The number of hydrogen-bond donors (Lipinski definition) is 5. The van der Waals surface area contributed by atoms with Crippen molar-refractivity contribution >= 4 is 5.91 Å². The third-order valence-corrected chi connectivity index (χ3v) is 19.3. The number of aliphatic hydroxyl groups excluding tert-OH is 4. The van der Waals surface area contributed by atoms with Crippen LogP contribution in [-0.2, 0) is 4.79 Å². The van der Waals surface area contributed by atoms with Gasteiger partial charge in [-0.05, 0) is 12.8 Å². The van der Waals surface area contributed by atoms with Crippen LogP contribution in [-0.4, -0.2) is 57.3 Å². The number of unbranched alkanes of at least 4 members (excludes halogenated alkanes) is 66. The van der Waals surface area contributed by atoms with Crippen LogP contribution in [0.3, 0.4) is 0 Å². The van der Waals surface area contributed by atoms with Crippen molar-refractivity contribution in [2.75, 3.05) is 6.61 Å². The molecule has 4 atom stereocenters. The Bertz CT molecular complexity index is 1200. The normalized spacial score (nSPS) is 13.3. The summed E-state index contributed by atoms with van der Waals surface area (Å²) in [5.41, 5.74) is 0. The van der Waals surface area contributed by atoms with Gasteiger partial charge in [0.1, 0.15) is 12.2 Å². The van der Waals surface area contributed by atoms with E-state index in [2.05, 4.69) is 19.2 Å². The van der Waals surface area contributed by atoms with Crippen LogP contribution in [0.1, 0.15) is 463 Å². The smallest absolute Gasteiger partial charge is 0.249 e. The number of nitrogens with one attached hydrogen (secondary N) is 1. The van der Waals surface area contributed by atoms with Crippen molar-refractivity contribution in [1.82, 2.24) is 5.32 Å². The fraction of sp³-hybridized carbons (Fsp3) is 0.987. The van der Waals surface area contributed by atoms with Crippen molar-refractivity contribution in [3.05, 3.63) is 0 Å². The second-order valence-electron chi connectivity index (χ2n) is 27.8. The van der Waals surface area contributed by atoms with Crippen molar-refractivity contribution < 1.29 is 25.2 Å². The summed E-state index contributed by atoms with van der Waals surface area (Å²) in [5.74, 6) is -0.571. The summed E-state index contributed by atoms with van der Waals surface area (Å²) >= 11 is 0. The Morgan fingerprint density at radius 1 is 0.250 bits per heavy atom. The van der Waals surface area contributed by atoms with Crippen molar-refractivity contribution in [2.24, 2.45) is 0 Å². The minimum atomic E-state index is -1.26. The SMILES string of the molecule is CCCCCCCCCCCCCCCCCCCCCCCCCCCCCCCCCCCCCCC(O)C(=O)NC(CO)C(O)C(O)CCCCCCCCCCCCCCCCCCCCCCCCCCCCCCCCCC. The number of carbonyl (C=O) groups is 1. The maximum atomic E-state index is 12.7. The van der Waals surface area contributed by atoms with E-state index in [1.807, 2.05) is 0 Å². The monoisotopic (exact) mass is 1190 g/mol. The predicted molar refractivity (Wildman–Crippen MR) is 372 cm³/mol. The molecule has 0 rings (SSSR count). The Labute approximate surface area is 528 Å². The molecule has 4 unspecified atom stereocenters. The Morgan fingerprint density at radius 3 is 0.571 bits per heavy atom. The third kappa shape index (κ3) is 65.7. The first-order valence-corrected chi connectivity index (χ1v) is 39.4. The van der Waals surface area contributed by atoms with Crippen LogP contribution in [0, 0.1) is 0 Å². The fourth-order valence-corrected chi connectivity index (χ4v) is 13.2. The highest BCUT2D eigenvalue weighted by Crippen LogP contribution is 2.21. The van der Waals surface area contributed by atoms with Crippen molar-refractivity contribution in [3.63, 3.8) is 0 Å². The highest BCUT2D eigenvalue weighted by Gasteiger charge is 2.29. The maximum absolute atomic E-state index is 12.7. The fourth-order valence-electron chi connectivity index (χ4n) is 13.2. The molecule has 0 saturated carbocycles. The molecular weight excluding hydrogens is 1030 g/mol. The molecule has 0 fully saturated rings. The molecule has 0 spiro atoms. The van der Waals surface area contributed by atoms with Crippen molar-refractivity contribution in [3.8, 4) is 0 Å². The van der Waals surface area contributed by atoms with Gasteiger partial charge in [0.25, 0.3) is 0 Å². The lowest BCUT2D eigenvalue weighted by molar-refractivity contribution is -0.132. The van der Waals surface area contributed by atoms with Gasteiger partial charge >= 0.3 is 0 Å². The van der Waals surface area contributed by atoms with E-state index in [0.717, 1.165) is 38.5 Å². The summed E-state index contributed by atoms with van der Waals surface area (Å²) < 4.78 is 0. The van der Waals surface area contributed by atoms with E-state index in [1.54, 1.807) is 0 Å². The van der Waals surface area contributed by atoms with Crippen LogP contribution in [0.15, 0.2) is 0 Å². The van der Waals surface area contributed by atoms with Gasteiger partial charge in [-0.3, -0.25) is 4.79 Å². The zero-order valence-corrected chi connectivity index (χ0v) is 57.7. The van der Waals surface area contributed by atoms with Gasteiger partial charge < -0.3 is 25.7 Å². The van der Waals surface area contributed by atoms with Gasteiger partial charge in [0.05, 0.1) is 18.8 Å². The molecule has 0 bridgehead atoms. The molecule has 5 N–H and O–H groups in total. The molecule has 504 valence electrons. The summed E-state index contributed by atoms with van der Waals surface area (Å²) in [6.45, 7) is 4.13. The highest BCUT2D eigenvalue weighted by atomic mass is 16.3. The second kappa shape index (κ2) is 73.0. The average Bonchev–Trinajstić information content (AvgIpc) is 3.51. The summed E-state index contributed by atoms with van der Waals surface area (Å²) in [4.78, 5) is 12.7. The van der Waals surface area contributed by atoms with Gasteiger partial charge in [-0.2, -0.15) is 0 Å².